The van der Waals surface area contributed by atoms with Crippen molar-refractivity contribution in [2.24, 2.45) is 10.7 Å². The molecule has 2 N–H and O–H groups in total. The molecular formula is C25H23N5OS2. The first-order valence-corrected chi connectivity index (χ1v) is 12.4. The molecule has 0 fully saturated rings. The van der Waals surface area contributed by atoms with Crippen molar-refractivity contribution >= 4 is 50.8 Å². The number of carbonyl (C=O) groups excluding carboxylic acids is 1. The van der Waals surface area contributed by atoms with Gasteiger partial charge in [0.2, 0.25) is 5.91 Å². The number of hydrogen-bond acceptors (Lipinski definition) is 7. The molecular weight excluding hydrogens is 450 g/mol. The molecule has 3 aromatic rings. The van der Waals surface area contributed by atoms with Crippen molar-refractivity contribution in [2.75, 3.05) is 7.05 Å². The summed E-state index contributed by atoms with van der Waals surface area (Å²) in [6.07, 6.45) is 0.735. The zero-order valence-corrected chi connectivity index (χ0v) is 20.2. The Morgan fingerprint density at radius 1 is 1.27 bits per heavy atom. The van der Waals surface area contributed by atoms with Crippen LogP contribution >= 0.6 is 23.1 Å². The van der Waals surface area contributed by atoms with Crippen LogP contribution in [0.4, 0.5) is 0 Å². The molecule has 2 aromatic carbocycles. The molecule has 0 spiro atoms. The highest BCUT2D eigenvalue weighted by molar-refractivity contribution is 8.03. The van der Waals surface area contributed by atoms with Crippen molar-refractivity contribution in [1.29, 1.82) is 5.26 Å². The van der Waals surface area contributed by atoms with Crippen LogP contribution in [0.5, 0.6) is 0 Å². The second kappa shape index (κ2) is 8.01. The molecule has 8 heteroatoms. The monoisotopic (exact) mass is 473 g/mol. The van der Waals surface area contributed by atoms with Crippen molar-refractivity contribution < 1.29 is 4.79 Å². The second-order valence-corrected chi connectivity index (χ2v) is 11.0. The standard InChI is InChI=1S/C25H23N5OS2/c1-14-28-19-10-17(7-8-20(19)33-14)22-23(31)30(3)24(27)29-25(22,2)21-11-18(13-32-21)16-6-4-5-15(9-16)12-26/h4-10,13,21-22H,11H2,1-3H3,(H2,27,29)/t21?,22?,25-/m1/s1. The van der Waals surface area contributed by atoms with Gasteiger partial charge in [-0.1, -0.05) is 18.2 Å². The van der Waals surface area contributed by atoms with Gasteiger partial charge in [-0.15, -0.1) is 23.1 Å². The van der Waals surface area contributed by atoms with Gasteiger partial charge in [-0.3, -0.25) is 9.69 Å². The molecule has 2 aliphatic rings. The fraction of sp³-hybridized carbons (Fsp3) is 0.280. The molecule has 33 heavy (non-hydrogen) atoms. The third-order valence-electron chi connectivity index (χ3n) is 6.51. The Balaban J connectivity index is 1.54. The van der Waals surface area contributed by atoms with Gasteiger partial charge in [0, 0.05) is 12.3 Å². The summed E-state index contributed by atoms with van der Waals surface area (Å²) in [4.78, 5) is 24.6. The molecule has 6 nitrogen and oxygen atoms in total. The summed E-state index contributed by atoms with van der Waals surface area (Å²) in [5, 5.41) is 12.4. The Kier molecular flexibility index (Phi) is 5.26. The molecule has 2 unspecified atom stereocenters. The van der Waals surface area contributed by atoms with E-state index in [9.17, 15) is 10.1 Å². The maximum atomic E-state index is 13.6. The van der Waals surface area contributed by atoms with Crippen molar-refractivity contribution in [1.82, 2.24) is 9.88 Å². The molecule has 3 heterocycles. The van der Waals surface area contributed by atoms with Crippen LogP contribution in [-0.4, -0.2) is 39.6 Å². The molecule has 0 aliphatic carbocycles. The number of aromatic nitrogens is 1. The first kappa shape index (κ1) is 21.7. The number of guanidine groups is 1. The average molecular weight is 474 g/mol. The zero-order valence-electron chi connectivity index (χ0n) is 18.6. The number of nitriles is 1. The van der Waals surface area contributed by atoms with Crippen LogP contribution in [0, 0.1) is 18.3 Å². The zero-order chi connectivity index (χ0) is 23.3. The number of fused-ring (bicyclic) bond motifs is 1. The molecule has 166 valence electrons. The van der Waals surface area contributed by atoms with E-state index in [1.807, 2.05) is 50.2 Å². The lowest BCUT2D eigenvalue weighted by molar-refractivity contribution is -0.130. The van der Waals surface area contributed by atoms with Gasteiger partial charge < -0.3 is 5.73 Å². The van der Waals surface area contributed by atoms with E-state index >= 15 is 0 Å². The van der Waals surface area contributed by atoms with E-state index in [4.69, 9.17) is 10.7 Å². The summed E-state index contributed by atoms with van der Waals surface area (Å²) in [7, 11) is 1.68. The number of benzene rings is 2. The minimum absolute atomic E-state index is 0.0207. The van der Waals surface area contributed by atoms with Crippen LogP contribution in [0.2, 0.25) is 0 Å². The number of likely N-dealkylation sites (N-methyl/N-ethyl adjacent to an activating group) is 1. The average Bonchev–Trinajstić information content (AvgIpc) is 3.44. The van der Waals surface area contributed by atoms with Crippen molar-refractivity contribution in [2.45, 2.75) is 37.0 Å². The molecule has 3 atom stereocenters. The number of rotatable bonds is 3. The molecule has 2 aliphatic heterocycles. The lowest BCUT2D eigenvalue weighted by Crippen LogP contribution is -2.57. The minimum atomic E-state index is -0.734. The maximum Gasteiger partial charge on any atom is 0.239 e. The molecule has 0 saturated heterocycles. The molecule has 0 bridgehead atoms. The molecule has 5 rings (SSSR count). The number of thiazole rings is 1. The highest BCUT2D eigenvalue weighted by atomic mass is 32.2. The Hall–Kier alpha value is -3.15. The van der Waals surface area contributed by atoms with Crippen LogP contribution < -0.4 is 5.73 Å². The third-order valence-corrected chi connectivity index (χ3v) is 8.85. The van der Waals surface area contributed by atoms with Gasteiger partial charge in [-0.05, 0) is 66.6 Å². The van der Waals surface area contributed by atoms with Crippen LogP contribution in [-0.2, 0) is 4.79 Å². The molecule has 0 saturated carbocycles. The summed E-state index contributed by atoms with van der Waals surface area (Å²) in [5.41, 5.74) is 10.1. The normalized spacial score (nSPS) is 25.2. The molecule has 1 amide bonds. The number of nitrogens with two attached hydrogens (primary N) is 1. The first-order chi connectivity index (χ1) is 15.8. The highest BCUT2D eigenvalue weighted by Gasteiger charge is 2.51. The van der Waals surface area contributed by atoms with Gasteiger partial charge in [0.15, 0.2) is 5.96 Å². The SMILES string of the molecule is Cc1nc2cc(C3C(=O)N(C)C(N)=N[C@]3(C)C3CC(c4cccc(C#N)c4)=CS3)ccc2s1. The lowest BCUT2D eigenvalue weighted by Gasteiger charge is -2.43. The van der Waals surface area contributed by atoms with Gasteiger partial charge in [-0.2, -0.15) is 5.26 Å². The number of aryl methyl sites for hydroxylation is 1. The number of amides is 1. The predicted octanol–water partition coefficient (Wildman–Crippen LogP) is 4.65. The van der Waals surface area contributed by atoms with Crippen LogP contribution in [0.3, 0.4) is 0 Å². The Morgan fingerprint density at radius 2 is 2.09 bits per heavy atom. The Morgan fingerprint density at radius 3 is 2.88 bits per heavy atom. The number of carbonyl (C=O) groups is 1. The van der Waals surface area contributed by atoms with Gasteiger partial charge in [0.25, 0.3) is 0 Å². The summed E-state index contributed by atoms with van der Waals surface area (Å²) < 4.78 is 1.11. The van der Waals surface area contributed by atoms with E-state index in [0.29, 0.717) is 5.56 Å². The van der Waals surface area contributed by atoms with Crippen LogP contribution in [0.1, 0.15) is 41.0 Å². The maximum absolute atomic E-state index is 13.6. The Bertz CT molecular complexity index is 1380. The number of nitrogens with zero attached hydrogens (tertiary/aromatic N) is 4. The van der Waals surface area contributed by atoms with Gasteiger partial charge in [-0.25, -0.2) is 9.98 Å². The van der Waals surface area contributed by atoms with Crippen molar-refractivity contribution in [3.8, 4) is 6.07 Å². The van der Waals surface area contributed by atoms with E-state index in [1.54, 1.807) is 36.2 Å². The fourth-order valence-electron chi connectivity index (χ4n) is 4.70. The third kappa shape index (κ3) is 3.62. The van der Waals surface area contributed by atoms with E-state index < -0.39 is 11.5 Å². The van der Waals surface area contributed by atoms with E-state index in [1.165, 1.54) is 4.90 Å². The molecule has 1 aromatic heterocycles. The highest BCUT2D eigenvalue weighted by Crippen LogP contribution is 2.50. The quantitative estimate of drug-likeness (QED) is 0.597. The van der Waals surface area contributed by atoms with Crippen LogP contribution in [0.25, 0.3) is 15.8 Å². The smallest absolute Gasteiger partial charge is 0.239 e. The molecule has 0 radical (unpaired) electrons. The predicted molar refractivity (Wildman–Crippen MR) is 135 cm³/mol. The van der Waals surface area contributed by atoms with E-state index in [2.05, 4.69) is 16.5 Å². The van der Waals surface area contributed by atoms with Crippen molar-refractivity contribution in [3.05, 3.63) is 69.6 Å². The summed E-state index contributed by atoms with van der Waals surface area (Å²) in [5.74, 6) is -0.293. The van der Waals surface area contributed by atoms with E-state index in [0.717, 1.165) is 38.3 Å². The van der Waals surface area contributed by atoms with Gasteiger partial charge in [0.1, 0.15) is 0 Å². The number of thioether (sulfide) groups is 1. The number of allylic oxidation sites excluding steroid dienone is 1. The van der Waals surface area contributed by atoms with Crippen LogP contribution in [0.15, 0.2) is 52.9 Å². The van der Waals surface area contributed by atoms with Gasteiger partial charge in [0.05, 0.1) is 38.3 Å². The lowest BCUT2D eigenvalue weighted by atomic mass is 9.75. The largest absolute Gasteiger partial charge is 0.369 e. The first-order valence-electron chi connectivity index (χ1n) is 10.6. The Labute approximate surface area is 200 Å². The topological polar surface area (TPSA) is 95.4 Å². The summed E-state index contributed by atoms with van der Waals surface area (Å²) in [6, 6.07) is 15.9. The van der Waals surface area contributed by atoms with Gasteiger partial charge >= 0.3 is 0 Å². The number of hydrogen-bond donors (Lipinski definition) is 1. The summed E-state index contributed by atoms with van der Waals surface area (Å²) >= 11 is 3.33. The van der Waals surface area contributed by atoms with E-state index in [-0.39, 0.29) is 17.1 Å². The fourth-order valence-corrected chi connectivity index (χ4v) is 6.81. The second-order valence-electron chi connectivity index (χ2n) is 8.65. The van der Waals surface area contributed by atoms with Crippen molar-refractivity contribution in [3.63, 3.8) is 0 Å². The minimum Gasteiger partial charge on any atom is -0.369 e. The summed E-state index contributed by atoms with van der Waals surface area (Å²) in [6.45, 7) is 4.02. The number of aliphatic imine (C=N–C) groups is 1.